The summed E-state index contributed by atoms with van der Waals surface area (Å²) in [6, 6.07) is 13.4. The van der Waals surface area contributed by atoms with Gasteiger partial charge in [0.25, 0.3) is 5.92 Å². The zero-order chi connectivity index (χ0) is 26.7. The van der Waals surface area contributed by atoms with Crippen LogP contribution in [0.2, 0.25) is 0 Å². The zero-order valence-corrected chi connectivity index (χ0v) is 22.4. The van der Waals surface area contributed by atoms with Crippen molar-refractivity contribution in [2.45, 2.75) is 52.4 Å². The molecule has 0 amide bonds. The van der Waals surface area contributed by atoms with Crippen LogP contribution in [0.15, 0.2) is 84.2 Å². The summed E-state index contributed by atoms with van der Waals surface area (Å²) in [6.45, 7) is 14.5. The predicted octanol–water partition coefficient (Wildman–Crippen LogP) is 7.39. The molecule has 1 aromatic heterocycles. The van der Waals surface area contributed by atoms with Crippen molar-refractivity contribution in [3.05, 3.63) is 96.0 Å². The Morgan fingerprint density at radius 1 is 1.17 bits per heavy atom. The molecule has 4 nitrogen and oxygen atoms in total. The lowest BCUT2D eigenvalue weighted by Gasteiger charge is -2.18. The van der Waals surface area contributed by atoms with Gasteiger partial charge < -0.3 is 9.80 Å². The van der Waals surface area contributed by atoms with Crippen LogP contribution in [0.1, 0.15) is 56.9 Å². The first-order valence-electron chi connectivity index (χ1n) is 12.5. The minimum absolute atomic E-state index is 0.181. The molecule has 6 heteroatoms. The smallest absolute Gasteiger partial charge is 0.287 e. The Kier molecular flexibility index (Phi) is 11.2. The zero-order valence-electron chi connectivity index (χ0n) is 22.4. The van der Waals surface area contributed by atoms with Crippen molar-refractivity contribution in [2.24, 2.45) is 4.99 Å². The Hall–Kier alpha value is -3.12. The number of allylic oxidation sites excluding steroid dienone is 3. The number of anilines is 1. The van der Waals surface area contributed by atoms with Crippen LogP contribution in [0.4, 0.5) is 14.6 Å². The molecule has 1 aliphatic heterocycles. The summed E-state index contributed by atoms with van der Waals surface area (Å²) < 4.78 is 26.3. The molecule has 0 saturated carbocycles. The van der Waals surface area contributed by atoms with E-state index in [4.69, 9.17) is 0 Å². The van der Waals surface area contributed by atoms with Gasteiger partial charge in [-0.15, -0.1) is 0 Å². The van der Waals surface area contributed by atoms with E-state index in [2.05, 4.69) is 54.3 Å². The summed E-state index contributed by atoms with van der Waals surface area (Å²) in [7, 11) is 4.22. The second-order valence-corrected chi connectivity index (χ2v) is 9.30. The molecule has 0 N–H and O–H groups in total. The summed E-state index contributed by atoms with van der Waals surface area (Å²) in [6.07, 6.45) is 7.99. The van der Waals surface area contributed by atoms with Gasteiger partial charge in [-0.25, -0.2) is 4.98 Å². The van der Waals surface area contributed by atoms with Gasteiger partial charge in [0.15, 0.2) is 0 Å². The van der Waals surface area contributed by atoms with E-state index in [0.717, 1.165) is 36.9 Å². The Balaban J connectivity index is 0.000000259. The molecule has 0 bridgehead atoms. The fourth-order valence-corrected chi connectivity index (χ4v) is 3.84. The van der Waals surface area contributed by atoms with Crippen molar-refractivity contribution >= 4 is 11.5 Å². The lowest BCUT2D eigenvalue weighted by molar-refractivity contribution is 0.0128. The molecule has 0 spiro atoms. The van der Waals surface area contributed by atoms with Crippen LogP contribution in [0.25, 0.3) is 0 Å². The van der Waals surface area contributed by atoms with Gasteiger partial charge in [0.1, 0.15) is 11.5 Å². The van der Waals surface area contributed by atoms with Crippen molar-refractivity contribution in [3.63, 3.8) is 0 Å². The quantitative estimate of drug-likeness (QED) is 0.196. The number of nitrogens with zero attached hydrogens (tertiary/aromatic N) is 4. The van der Waals surface area contributed by atoms with Crippen LogP contribution in [0, 0.1) is 0 Å². The molecule has 2 aromatic rings. The van der Waals surface area contributed by atoms with Gasteiger partial charge in [0.2, 0.25) is 0 Å². The van der Waals surface area contributed by atoms with Gasteiger partial charge in [-0.05, 0) is 71.0 Å². The first-order valence-corrected chi connectivity index (χ1v) is 12.5. The molecule has 0 aliphatic carbocycles. The highest BCUT2D eigenvalue weighted by Crippen LogP contribution is 2.35. The molecule has 0 atom stereocenters. The minimum Gasteiger partial charge on any atom is -0.330 e. The fraction of sp³-hybridized carbons (Fsp3) is 0.400. The molecule has 3 rings (SSSR count). The number of pyridine rings is 1. The Morgan fingerprint density at radius 3 is 2.44 bits per heavy atom. The molecule has 0 unspecified atom stereocenters. The van der Waals surface area contributed by atoms with E-state index in [0.29, 0.717) is 18.8 Å². The van der Waals surface area contributed by atoms with Gasteiger partial charge in [-0.2, -0.15) is 8.78 Å². The standard InChI is InChI=1S/C18H26N2.C12H14F2N2/c1-5-17(11-9-10-14-20(3)4)15-19-16(2)18-12-7-6-8-13-18;1-4-16-8(2)7-9-5-6-10(12(3,13)14)15-11(9)16/h5-8,12-13,15H,1,9-11,14H2,2-4H3;5-6H,2,4,7H2,1,3H3/b17-15+,19-16?;. The molecule has 36 heavy (non-hydrogen) atoms. The van der Waals surface area contributed by atoms with Crippen LogP contribution in [-0.4, -0.2) is 42.8 Å². The number of hydrogen-bond acceptors (Lipinski definition) is 4. The van der Waals surface area contributed by atoms with Gasteiger partial charge in [-0.1, -0.05) is 55.6 Å². The van der Waals surface area contributed by atoms with Gasteiger partial charge in [0, 0.05) is 43.1 Å². The van der Waals surface area contributed by atoms with E-state index < -0.39 is 5.92 Å². The lowest BCUT2D eigenvalue weighted by atomic mass is 10.1. The maximum atomic E-state index is 13.1. The molecule has 2 heterocycles. The first-order chi connectivity index (χ1) is 17.1. The topological polar surface area (TPSA) is 31.7 Å². The van der Waals surface area contributed by atoms with E-state index in [9.17, 15) is 8.78 Å². The molecular weight excluding hydrogens is 454 g/mol. The van der Waals surface area contributed by atoms with Gasteiger partial charge in [0.05, 0.1) is 0 Å². The van der Waals surface area contributed by atoms with E-state index in [1.165, 1.54) is 30.0 Å². The molecule has 0 fully saturated rings. The van der Waals surface area contributed by atoms with Crippen molar-refractivity contribution in [1.29, 1.82) is 0 Å². The third-order valence-corrected chi connectivity index (χ3v) is 5.95. The Labute approximate surface area is 215 Å². The maximum absolute atomic E-state index is 13.1. The summed E-state index contributed by atoms with van der Waals surface area (Å²) in [5.74, 6) is -2.26. The average molecular weight is 495 g/mol. The van der Waals surface area contributed by atoms with Gasteiger partial charge in [-0.3, -0.25) is 4.99 Å². The SMILES string of the molecule is C=C/C(=C\N=C(C)c1ccccc1)CCCCN(C)C.C=C1Cc2ccc(C(C)(F)F)nc2N1CC. The summed E-state index contributed by atoms with van der Waals surface area (Å²) >= 11 is 0. The van der Waals surface area contributed by atoms with E-state index in [-0.39, 0.29) is 5.69 Å². The molecule has 194 valence electrons. The van der Waals surface area contributed by atoms with E-state index in [1.54, 1.807) is 6.07 Å². The minimum atomic E-state index is -2.89. The van der Waals surface area contributed by atoms with Crippen molar-refractivity contribution < 1.29 is 8.78 Å². The van der Waals surface area contributed by atoms with E-state index in [1.807, 2.05) is 49.2 Å². The monoisotopic (exact) mass is 494 g/mol. The second-order valence-electron chi connectivity index (χ2n) is 9.30. The number of fused-ring (bicyclic) bond motifs is 1. The summed E-state index contributed by atoms with van der Waals surface area (Å²) in [5.41, 5.74) is 5.12. The van der Waals surface area contributed by atoms with Gasteiger partial charge >= 0.3 is 0 Å². The number of likely N-dealkylation sites (N-methyl/N-ethyl adjacent to an activating group) is 1. The third-order valence-electron chi connectivity index (χ3n) is 5.95. The number of aromatic nitrogens is 1. The van der Waals surface area contributed by atoms with Crippen LogP contribution in [0.5, 0.6) is 0 Å². The summed E-state index contributed by atoms with van der Waals surface area (Å²) in [4.78, 5) is 12.7. The number of alkyl halides is 2. The average Bonchev–Trinajstić information content (AvgIpc) is 3.17. The highest BCUT2D eigenvalue weighted by atomic mass is 19.3. The number of rotatable bonds is 10. The number of halogens is 2. The van der Waals surface area contributed by atoms with E-state index >= 15 is 0 Å². The van der Waals surface area contributed by atoms with Crippen molar-refractivity contribution in [1.82, 2.24) is 9.88 Å². The Morgan fingerprint density at radius 2 is 1.86 bits per heavy atom. The fourth-order valence-electron chi connectivity index (χ4n) is 3.84. The third kappa shape index (κ3) is 8.83. The van der Waals surface area contributed by atoms with Crippen LogP contribution in [0.3, 0.4) is 0 Å². The number of benzene rings is 1. The number of unbranched alkanes of at least 4 members (excludes halogenated alkanes) is 1. The van der Waals surface area contributed by atoms with Crippen LogP contribution >= 0.6 is 0 Å². The highest BCUT2D eigenvalue weighted by molar-refractivity contribution is 5.99. The summed E-state index contributed by atoms with van der Waals surface area (Å²) in [5, 5.41) is 0. The molecule has 0 saturated heterocycles. The lowest BCUT2D eigenvalue weighted by Crippen LogP contribution is -2.19. The number of hydrogen-bond donors (Lipinski definition) is 0. The van der Waals surface area contributed by atoms with Crippen LogP contribution < -0.4 is 4.90 Å². The Bertz CT molecular complexity index is 1070. The highest BCUT2D eigenvalue weighted by Gasteiger charge is 2.30. The van der Waals surface area contributed by atoms with Crippen molar-refractivity contribution in [3.8, 4) is 0 Å². The normalized spacial score (nSPS) is 14.0. The first kappa shape index (κ1) is 29.1. The molecule has 1 aliphatic rings. The molecule has 0 radical (unpaired) electrons. The number of aliphatic imine (C=N–C) groups is 1. The largest absolute Gasteiger partial charge is 0.330 e. The maximum Gasteiger partial charge on any atom is 0.287 e. The van der Waals surface area contributed by atoms with Crippen LogP contribution in [-0.2, 0) is 12.3 Å². The van der Waals surface area contributed by atoms with Crippen molar-refractivity contribution in [2.75, 3.05) is 32.1 Å². The second kappa shape index (κ2) is 13.8. The predicted molar refractivity (Wildman–Crippen MR) is 149 cm³/mol. The molecule has 1 aromatic carbocycles. The molecular formula is C30H40F2N4.